The Morgan fingerprint density at radius 2 is 1.77 bits per heavy atom. The Morgan fingerprint density at radius 3 is 2.32 bits per heavy atom. The van der Waals surface area contributed by atoms with E-state index in [4.69, 9.17) is 0 Å². The zero-order valence-electron chi connectivity index (χ0n) is 17.5. The first-order valence-electron chi connectivity index (χ1n) is 10.2. The number of carbonyl (C=O) groups excluding carboxylic acids is 1. The molecule has 4 rings (SSSR count). The number of rotatable bonds is 2. The fourth-order valence-electron chi connectivity index (χ4n) is 4.20. The molecular formula is C20H25F3N6O2. The van der Waals surface area contributed by atoms with E-state index in [-0.39, 0.29) is 28.4 Å². The largest absolute Gasteiger partial charge is 0.422 e. The number of anilines is 2. The second kappa shape index (κ2) is 7.18. The van der Waals surface area contributed by atoms with Crippen LogP contribution in [0.5, 0.6) is 0 Å². The van der Waals surface area contributed by atoms with E-state index in [1.54, 1.807) is 12.4 Å². The molecule has 3 N–H and O–H groups in total. The first kappa shape index (κ1) is 21.5. The van der Waals surface area contributed by atoms with Crippen LogP contribution in [0.1, 0.15) is 63.0 Å². The number of aliphatic hydroxyl groups is 1. The molecule has 1 saturated heterocycles. The van der Waals surface area contributed by atoms with Gasteiger partial charge in [0, 0.05) is 30.1 Å². The van der Waals surface area contributed by atoms with Crippen molar-refractivity contribution in [1.29, 1.82) is 0 Å². The molecule has 11 heteroatoms. The van der Waals surface area contributed by atoms with Gasteiger partial charge in [0.15, 0.2) is 11.4 Å². The molecule has 1 unspecified atom stereocenters. The molecule has 2 aliphatic heterocycles. The van der Waals surface area contributed by atoms with E-state index in [1.807, 2.05) is 20.8 Å². The van der Waals surface area contributed by atoms with Crippen LogP contribution in [0.25, 0.3) is 0 Å². The predicted octanol–water partition coefficient (Wildman–Crippen LogP) is 2.97. The number of nitrogens with one attached hydrogen (secondary N) is 2. The monoisotopic (exact) mass is 438 g/mol. The van der Waals surface area contributed by atoms with Gasteiger partial charge < -0.3 is 15.3 Å². The number of fused-ring (bicyclic) bond motifs is 1. The maximum absolute atomic E-state index is 13.7. The molecule has 2 aromatic heterocycles. The third-order valence-corrected chi connectivity index (χ3v) is 5.93. The summed E-state index contributed by atoms with van der Waals surface area (Å²) in [5.41, 5.74) is -2.68. The first-order valence-corrected chi connectivity index (χ1v) is 10.2. The van der Waals surface area contributed by atoms with Gasteiger partial charge in [-0.2, -0.15) is 18.3 Å². The van der Waals surface area contributed by atoms with Crippen LogP contribution in [0, 0.1) is 0 Å². The standard InChI is InChI=1S/C20H25F3N6O2/c1-18(2,3)17-24-9-12(10-25-17)29-6-4-11(5-7-29)15-14-16(28-27-15)26-13(30)8-19(14,31)20(21,22)23/h9-11,31H,4-8H2,1-3H3,(H2,26,27,28,30). The van der Waals surface area contributed by atoms with Gasteiger partial charge in [-0.3, -0.25) is 9.89 Å². The van der Waals surface area contributed by atoms with Crippen LogP contribution in [-0.2, 0) is 15.8 Å². The average molecular weight is 438 g/mol. The number of H-pyrrole nitrogens is 1. The minimum absolute atomic E-state index is 0.157. The summed E-state index contributed by atoms with van der Waals surface area (Å²) in [6.07, 6.45) is -1.43. The summed E-state index contributed by atoms with van der Waals surface area (Å²) >= 11 is 0. The topological polar surface area (TPSA) is 107 Å². The van der Waals surface area contributed by atoms with Crippen LogP contribution in [0.15, 0.2) is 12.4 Å². The fourth-order valence-corrected chi connectivity index (χ4v) is 4.20. The predicted molar refractivity (Wildman–Crippen MR) is 107 cm³/mol. The molecule has 0 saturated carbocycles. The van der Waals surface area contributed by atoms with Crippen molar-refractivity contribution in [3.8, 4) is 0 Å². The van der Waals surface area contributed by atoms with Gasteiger partial charge in [0.2, 0.25) is 5.91 Å². The number of nitrogens with zero attached hydrogens (tertiary/aromatic N) is 4. The minimum Gasteiger partial charge on any atom is -0.376 e. The van der Waals surface area contributed by atoms with Crippen molar-refractivity contribution >= 4 is 17.4 Å². The van der Waals surface area contributed by atoms with Crippen LogP contribution < -0.4 is 10.2 Å². The molecular weight excluding hydrogens is 413 g/mol. The van der Waals surface area contributed by atoms with Crippen molar-refractivity contribution in [3.63, 3.8) is 0 Å². The van der Waals surface area contributed by atoms with Gasteiger partial charge in [0.05, 0.1) is 30.1 Å². The molecule has 0 aliphatic carbocycles. The summed E-state index contributed by atoms with van der Waals surface area (Å²) in [7, 11) is 0. The van der Waals surface area contributed by atoms with Crippen molar-refractivity contribution in [3.05, 3.63) is 29.5 Å². The Morgan fingerprint density at radius 1 is 1.16 bits per heavy atom. The van der Waals surface area contributed by atoms with E-state index >= 15 is 0 Å². The van der Waals surface area contributed by atoms with Crippen LogP contribution in [0.3, 0.4) is 0 Å². The molecule has 31 heavy (non-hydrogen) atoms. The van der Waals surface area contributed by atoms with E-state index < -0.39 is 24.1 Å². The number of aromatic amines is 1. The Labute approximate surface area is 177 Å². The lowest BCUT2D eigenvalue weighted by atomic mass is 9.81. The van der Waals surface area contributed by atoms with Gasteiger partial charge in [0.25, 0.3) is 0 Å². The van der Waals surface area contributed by atoms with Crippen molar-refractivity contribution in [2.24, 2.45) is 0 Å². The molecule has 0 bridgehead atoms. The summed E-state index contributed by atoms with van der Waals surface area (Å²) in [6.45, 7) is 7.27. The van der Waals surface area contributed by atoms with Gasteiger partial charge in [-0.05, 0) is 12.8 Å². The Balaban J connectivity index is 1.54. The Bertz CT molecular complexity index is 974. The highest BCUT2D eigenvalue weighted by atomic mass is 19.4. The SMILES string of the molecule is CC(C)(C)c1ncc(N2CCC(c3[nH]nc4c3C(O)(C(F)(F)F)CC(=O)N4)CC2)cn1. The van der Waals surface area contributed by atoms with Crippen LogP contribution >= 0.6 is 0 Å². The molecule has 2 aromatic rings. The van der Waals surface area contributed by atoms with E-state index in [2.05, 4.69) is 30.4 Å². The lowest BCUT2D eigenvalue weighted by Gasteiger charge is -2.37. The first-order chi connectivity index (χ1) is 14.4. The third-order valence-electron chi connectivity index (χ3n) is 5.93. The number of halogens is 3. The molecule has 1 amide bonds. The molecule has 0 aromatic carbocycles. The normalized spacial score (nSPS) is 22.9. The number of amides is 1. The zero-order chi connectivity index (χ0) is 22.6. The minimum atomic E-state index is -5.00. The van der Waals surface area contributed by atoms with Crippen molar-refractivity contribution < 1.29 is 23.1 Å². The van der Waals surface area contributed by atoms with E-state index in [1.165, 1.54) is 0 Å². The molecule has 0 spiro atoms. The molecule has 168 valence electrons. The third kappa shape index (κ3) is 3.75. The highest BCUT2D eigenvalue weighted by Crippen LogP contribution is 2.49. The smallest absolute Gasteiger partial charge is 0.376 e. The Kier molecular flexibility index (Phi) is 4.99. The molecule has 8 nitrogen and oxygen atoms in total. The van der Waals surface area contributed by atoms with Crippen molar-refractivity contribution in [2.45, 2.75) is 63.1 Å². The summed E-state index contributed by atoms with van der Waals surface area (Å²) in [6, 6.07) is 0. The number of alkyl halides is 3. The molecule has 4 heterocycles. The summed E-state index contributed by atoms with van der Waals surface area (Å²) in [5, 5.41) is 19.3. The fraction of sp³-hybridized carbons (Fsp3) is 0.600. The van der Waals surface area contributed by atoms with Crippen molar-refractivity contribution in [1.82, 2.24) is 20.2 Å². The number of carbonyl (C=O) groups is 1. The lowest BCUT2D eigenvalue weighted by Crippen LogP contribution is -2.48. The second-order valence-corrected chi connectivity index (χ2v) is 9.22. The van der Waals surface area contributed by atoms with Crippen molar-refractivity contribution in [2.75, 3.05) is 23.3 Å². The highest BCUT2D eigenvalue weighted by Gasteiger charge is 2.61. The highest BCUT2D eigenvalue weighted by molar-refractivity contribution is 5.94. The maximum atomic E-state index is 13.7. The maximum Gasteiger partial charge on any atom is 0.422 e. The van der Waals surface area contributed by atoms with Crippen LogP contribution in [-0.4, -0.2) is 50.4 Å². The van der Waals surface area contributed by atoms with Gasteiger partial charge in [0.1, 0.15) is 5.82 Å². The van der Waals surface area contributed by atoms with Gasteiger partial charge in [-0.15, -0.1) is 0 Å². The van der Waals surface area contributed by atoms with E-state index in [0.717, 1.165) is 11.5 Å². The molecule has 1 atom stereocenters. The number of aromatic nitrogens is 4. The van der Waals surface area contributed by atoms with Crippen LogP contribution in [0.4, 0.5) is 24.7 Å². The van der Waals surface area contributed by atoms with Gasteiger partial charge in [-0.25, -0.2) is 9.97 Å². The zero-order valence-corrected chi connectivity index (χ0v) is 17.5. The number of piperidine rings is 1. The lowest BCUT2D eigenvalue weighted by molar-refractivity contribution is -0.267. The van der Waals surface area contributed by atoms with Crippen LogP contribution in [0.2, 0.25) is 0 Å². The molecule has 0 radical (unpaired) electrons. The molecule has 2 aliphatic rings. The number of hydrogen-bond donors (Lipinski definition) is 3. The van der Waals surface area contributed by atoms with Gasteiger partial charge in [-0.1, -0.05) is 20.8 Å². The molecule has 1 fully saturated rings. The quantitative estimate of drug-likeness (QED) is 0.666. The average Bonchev–Trinajstić information content (AvgIpc) is 3.11. The summed E-state index contributed by atoms with van der Waals surface area (Å²) in [4.78, 5) is 22.7. The summed E-state index contributed by atoms with van der Waals surface area (Å²) in [5.74, 6) is -0.687. The Hall–Kier alpha value is -2.69. The van der Waals surface area contributed by atoms with E-state index in [9.17, 15) is 23.1 Å². The summed E-state index contributed by atoms with van der Waals surface area (Å²) < 4.78 is 41.1. The van der Waals surface area contributed by atoms with Gasteiger partial charge >= 0.3 is 6.18 Å². The van der Waals surface area contributed by atoms with E-state index in [0.29, 0.717) is 25.9 Å². The second-order valence-electron chi connectivity index (χ2n) is 9.22. The number of hydrogen-bond acceptors (Lipinski definition) is 6.